The summed E-state index contributed by atoms with van der Waals surface area (Å²) in [5, 5.41) is 1.14. The number of rotatable bonds is 7. The summed E-state index contributed by atoms with van der Waals surface area (Å²) in [7, 11) is 2.05. The lowest BCUT2D eigenvalue weighted by Gasteiger charge is -2.20. The lowest BCUT2D eigenvalue weighted by atomic mass is 10.1. The SMILES string of the molecule is CN(CCOCC1CC1)c1cc(CN)c2ccccc2n1. The van der Waals surface area contributed by atoms with E-state index in [-0.39, 0.29) is 0 Å². The van der Waals surface area contributed by atoms with Crippen LogP contribution < -0.4 is 10.6 Å². The minimum absolute atomic E-state index is 0.530. The van der Waals surface area contributed by atoms with Gasteiger partial charge in [-0.05, 0) is 36.5 Å². The van der Waals surface area contributed by atoms with Crippen LogP contribution in [0.25, 0.3) is 10.9 Å². The van der Waals surface area contributed by atoms with Gasteiger partial charge in [0.25, 0.3) is 0 Å². The quantitative estimate of drug-likeness (QED) is 0.794. The van der Waals surface area contributed by atoms with E-state index in [9.17, 15) is 0 Å². The first-order valence-electron chi connectivity index (χ1n) is 7.65. The molecule has 1 aromatic heterocycles. The summed E-state index contributed by atoms with van der Waals surface area (Å²) in [4.78, 5) is 6.86. The van der Waals surface area contributed by atoms with Crippen LogP contribution >= 0.6 is 0 Å². The van der Waals surface area contributed by atoms with Crippen molar-refractivity contribution in [3.05, 3.63) is 35.9 Å². The van der Waals surface area contributed by atoms with Gasteiger partial charge in [-0.25, -0.2) is 4.98 Å². The normalized spacial score (nSPS) is 14.6. The zero-order chi connectivity index (χ0) is 14.7. The Hall–Kier alpha value is -1.65. The van der Waals surface area contributed by atoms with Gasteiger partial charge in [0.1, 0.15) is 5.82 Å². The maximum atomic E-state index is 5.88. The van der Waals surface area contributed by atoms with E-state index in [0.29, 0.717) is 6.54 Å². The maximum absolute atomic E-state index is 5.88. The van der Waals surface area contributed by atoms with Gasteiger partial charge < -0.3 is 15.4 Å². The number of hydrogen-bond donors (Lipinski definition) is 1. The molecule has 0 aliphatic heterocycles. The van der Waals surface area contributed by atoms with E-state index in [4.69, 9.17) is 15.5 Å². The predicted molar refractivity (Wildman–Crippen MR) is 86.4 cm³/mol. The monoisotopic (exact) mass is 285 g/mol. The highest BCUT2D eigenvalue weighted by Crippen LogP contribution is 2.28. The molecular weight excluding hydrogens is 262 g/mol. The first kappa shape index (κ1) is 14.3. The van der Waals surface area contributed by atoms with E-state index < -0.39 is 0 Å². The van der Waals surface area contributed by atoms with Gasteiger partial charge in [-0.3, -0.25) is 0 Å². The van der Waals surface area contributed by atoms with Gasteiger partial charge in [0, 0.05) is 32.1 Å². The number of nitrogens with zero attached hydrogens (tertiary/aromatic N) is 2. The molecule has 1 saturated carbocycles. The van der Waals surface area contributed by atoms with Crippen molar-refractivity contribution in [1.29, 1.82) is 0 Å². The summed E-state index contributed by atoms with van der Waals surface area (Å²) in [6.07, 6.45) is 2.67. The second-order valence-corrected chi connectivity index (χ2v) is 5.80. The Morgan fingerprint density at radius 2 is 2.14 bits per heavy atom. The minimum atomic E-state index is 0.530. The number of nitrogens with two attached hydrogens (primary N) is 1. The van der Waals surface area contributed by atoms with Gasteiger partial charge in [-0.15, -0.1) is 0 Å². The maximum Gasteiger partial charge on any atom is 0.129 e. The second-order valence-electron chi connectivity index (χ2n) is 5.80. The summed E-state index contributed by atoms with van der Waals surface area (Å²) in [5.74, 6) is 1.78. The summed E-state index contributed by atoms with van der Waals surface area (Å²) in [6.45, 7) is 3.04. The number of aromatic nitrogens is 1. The van der Waals surface area contributed by atoms with Gasteiger partial charge >= 0.3 is 0 Å². The molecule has 0 bridgehead atoms. The van der Waals surface area contributed by atoms with Crippen LogP contribution in [0.15, 0.2) is 30.3 Å². The average Bonchev–Trinajstić information content (AvgIpc) is 3.34. The summed E-state index contributed by atoms with van der Waals surface area (Å²) >= 11 is 0. The van der Waals surface area contributed by atoms with Gasteiger partial charge in [0.15, 0.2) is 0 Å². The Bertz CT molecular complexity index is 610. The third-order valence-corrected chi connectivity index (χ3v) is 4.02. The first-order chi connectivity index (χ1) is 10.3. The molecule has 1 heterocycles. The lowest BCUT2D eigenvalue weighted by molar-refractivity contribution is 0.131. The van der Waals surface area contributed by atoms with Crippen LogP contribution in [0.2, 0.25) is 0 Å². The van der Waals surface area contributed by atoms with Gasteiger partial charge in [0.05, 0.1) is 12.1 Å². The molecule has 0 atom stereocenters. The zero-order valence-electron chi connectivity index (χ0n) is 12.6. The molecule has 0 unspecified atom stereocenters. The molecule has 0 radical (unpaired) electrons. The van der Waals surface area contributed by atoms with Crippen LogP contribution in [-0.2, 0) is 11.3 Å². The van der Waals surface area contributed by atoms with E-state index in [0.717, 1.165) is 48.0 Å². The summed E-state index contributed by atoms with van der Waals surface area (Å²) < 4.78 is 5.70. The third kappa shape index (κ3) is 3.52. The van der Waals surface area contributed by atoms with Crippen molar-refractivity contribution in [2.24, 2.45) is 11.7 Å². The average molecular weight is 285 g/mol. The highest BCUT2D eigenvalue weighted by molar-refractivity contribution is 5.84. The molecule has 4 nitrogen and oxygen atoms in total. The van der Waals surface area contributed by atoms with Gasteiger partial charge in [-0.1, -0.05) is 18.2 Å². The molecule has 2 aromatic rings. The van der Waals surface area contributed by atoms with Crippen LogP contribution in [0.5, 0.6) is 0 Å². The highest BCUT2D eigenvalue weighted by atomic mass is 16.5. The molecule has 21 heavy (non-hydrogen) atoms. The van der Waals surface area contributed by atoms with Crippen LogP contribution in [0.1, 0.15) is 18.4 Å². The van der Waals surface area contributed by atoms with E-state index in [1.807, 2.05) is 18.2 Å². The van der Waals surface area contributed by atoms with Gasteiger partial charge in [-0.2, -0.15) is 0 Å². The molecule has 1 fully saturated rings. The Labute approximate surface area is 125 Å². The molecule has 4 heteroatoms. The fourth-order valence-corrected chi connectivity index (χ4v) is 2.45. The number of para-hydroxylation sites is 1. The molecule has 1 aliphatic carbocycles. The van der Waals surface area contributed by atoms with Crippen LogP contribution in [0.4, 0.5) is 5.82 Å². The predicted octanol–water partition coefficient (Wildman–Crippen LogP) is 2.56. The smallest absolute Gasteiger partial charge is 0.129 e. The number of anilines is 1. The topological polar surface area (TPSA) is 51.4 Å². The van der Waals surface area contributed by atoms with Crippen molar-refractivity contribution in [3.63, 3.8) is 0 Å². The van der Waals surface area contributed by atoms with Gasteiger partial charge in [0.2, 0.25) is 0 Å². The van der Waals surface area contributed by atoms with Crippen molar-refractivity contribution < 1.29 is 4.74 Å². The molecule has 0 saturated heterocycles. The zero-order valence-corrected chi connectivity index (χ0v) is 12.6. The molecule has 3 rings (SSSR count). The highest BCUT2D eigenvalue weighted by Gasteiger charge is 2.21. The number of pyridine rings is 1. The van der Waals surface area contributed by atoms with E-state index >= 15 is 0 Å². The fraction of sp³-hybridized carbons (Fsp3) is 0.471. The summed E-state index contributed by atoms with van der Waals surface area (Å²) in [6, 6.07) is 10.2. The van der Waals surface area contributed by atoms with Crippen molar-refractivity contribution in [3.8, 4) is 0 Å². The Kier molecular flexibility index (Phi) is 4.36. The van der Waals surface area contributed by atoms with E-state index in [2.05, 4.69) is 24.1 Å². The second kappa shape index (κ2) is 6.41. The molecule has 1 aromatic carbocycles. The van der Waals surface area contributed by atoms with Crippen molar-refractivity contribution >= 4 is 16.7 Å². The summed E-state index contributed by atoms with van der Waals surface area (Å²) in [5.41, 5.74) is 8.02. The first-order valence-corrected chi connectivity index (χ1v) is 7.65. The van der Waals surface area contributed by atoms with E-state index in [1.165, 1.54) is 12.8 Å². The third-order valence-electron chi connectivity index (χ3n) is 4.02. The van der Waals surface area contributed by atoms with Crippen molar-refractivity contribution in [2.75, 3.05) is 31.7 Å². The standard InChI is InChI=1S/C17H23N3O/c1-20(8-9-21-12-13-6-7-13)17-10-14(11-18)15-4-2-3-5-16(15)19-17/h2-5,10,13H,6-9,11-12,18H2,1H3. The van der Waals surface area contributed by atoms with Crippen molar-refractivity contribution in [2.45, 2.75) is 19.4 Å². The van der Waals surface area contributed by atoms with Crippen molar-refractivity contribution in [1.82, 2.24) is 4.98 Å². The number of ether oxygens (including phenoxy) is 1. The molecule has 2 N–H and O–H groups in total. The lowest BCUT2D eigenvalue weighted by Crippen LogP contribution is -2.24. The van der Waals surface area contributed by atoms with E-state index in [1.54, 1.807) is 0 Å². The van der Waals surface area contributed by atoms with Crippen LogP contribution in [-0.4, -0.2) is 31.8 Å². The van der Waals surface area contributed by atoms with Crippen LogP contribution in [0.3, 0.4) is 0 Å². The largest absolute Gasteiger partial charge is 0.379 e. The Morgan fingerprint density at radius 3 is 2.90 bits per heavy atom. The Balaban J connectivity index is 1.69. The molecule has 0 spiro atoms. The minimum Gasteiger partial charge on any atom is -0.379 e. The van der Waals surface area contributed by atoms with Crippen LogP contribution in [0, 0.1) is 5.92 Å². The molecular formula is C17H23N3O. The number of fused-ring (bicyclic) bond motifs is 1. The number of likely N-dealkylation sites (N-methyl/N-ethyl adjacent to an activating group) is 1. The molecule has 1 aliphatic rings. The fourth-order valence-electron chi connectivity index (χ4n) is 2.45. The molecule has 112 valence electrons. The number of benzene rings is 1. The Morgan fingerprint density at radius 1 is 1.33 bits per heavy atom. The molecule has 0 amide bonds. The number of hydrogen-bond acceptors (Lipinski definition) is 4.